The minimum Gasteiger partial charge on any atom is -0.456 e. The van der Waals surface area contributed by atoms with E-state index in [0.29, 0.717) is 12.2 Å². The van der Waals surface area contributed by atoms with Crippen LogP contribution in [0.4, 0.5) is 0 Å². The van der Waals surface area contributed by atoms with Crippen LogP contribution in [0.2, 0.25) is 0 Å². The summed E-state index contributed by atoms with van der Waals surface area (Å²) in [5.41, 5.74) is 5.64. The van der Waals surface area contributed by atoms with Crippen LogP contribution in [0.25, 0.3) is 0 Å². The maximum atomic E-state index is 12.3. The van der Waals surface area contributed by atoms with E-state index >= 15 is 0 Å². The Hall–Kier alpha value is -2.03. The molecule has 0 saturated carbocycles. The predicted molar refractivity (Wildman–Crippen MR) is 115 cm³/mol. The second-order valence-corrected chi connectivity index (χ2v) is 10.7. The van der Waals surface area contributed by atoms with Crippen LogP contribution in [-0.2, 0) is 17.3 Å². The normalized spacial score (nSPS) is 17.9. The molecule has 1 aromatic heterocycles. The summed E-state index contributed by atoms with van der Waals surface area (Å²) in [6.45, 7) is 17.5. The molecule has 0 atom stereocenters. The van der Waals surface area contributed by atoms with Crippen molar-refractivity contribution in [2.24, 2.45) is 0 Å². The molecule has 1 N–H and O–H groups in total. The first-order chi connectivity index (χ1) is 12.8. The molecule has 152 valence electrons. The average molecular weight is 382 g/mol. The molecule has 0 unspecified atom stereocenters. The fraction of sp³-hybridized carbons (Fsp3) is 0.560. The van der Waals surface area contributed by atoms with Gasteiger partial charge in [0, 0.05) is 12.0 Å². The Bertz CT molecular complexity index is 894. The maximum Gasteiger partial charge on any atom is 0.287 e. The number of benzene rings is 1. The van der Waals surface area contributed by atoms with Gasteiger partial charge < -0.3 is 9.73 Å². The molecule has 0 aliphatic heterocycles. The maximum absolute atomic E-state index is 12.3. The number of amides is 1. The highest BCUT2D eigenvalue weighted by Gasteiger charge is 2.37. The van der Waals surface area contributed by atoms with E-state index in [1.165, 1.54) is 35.1 Å². The number of hydrogen-bond acceptors (Lipinski definition) is 2. The van der Waals surface area contributed by atoms with Crippen LogP contribution >= 0.6 is 0 Å². The van der Waals surface area contributed by atoms with E-state index in [1.807, 2.05) is 26.8 Å². The molecule has 1 aromatic carbocycles. The first kappa shape index (κ1) is 20.7. The lowest BCUT2D eigenvalue weighted by Gasteiger charge is -2.42. The largest absolute Gasteiger partial charge is 0.456 e. The Kier molecular flexibility index (Phi) is 5.02. The third-order valence-electron chi connectivity index (χ3n) is 6.05. The van der Waals surface area contributed by atoms with Crippen LogP contribution in [0.5, 0.6) is 0 Å². The van der Waals surface area contributed by atoms with Gasteiger partial charge in [0.05, 0.1) is 0 Å². The molecule has 28 heavy (non-hydrogen) atoms. The van der Waals surface area contributed by atoms with E-state index in [1.54, 1.807) is 6.07 Å². The summed E-state index contributed by atoms with van der Waals surface area (Å²) in [6.07, 6.45) is 3.13. The quantitative estimate of drug-likeness (QED) is 0.702. The van der Waals surface area contributed by atoms with Gasteiger partial charge in [-0.1, -0.05) is 39.8 Å². The van der Waals surface area contributed by atoms with Gasteiger partial charge in [-0.05, 0) is 85.8 Å². The van der Waals surface area contributed by atoms with Crippen molar-refractivity contribution in [2.75, 3.05) is 0 Å². The van der Waals surface area contributed by atoms with Crippen LogP contribution in [0.3, 0.4) is 0 Å². The van der Waals surface area contributed by atoms with E-state index in [0.717, 1.165) is 5.76 Å². The number of aryl methyl sites for hydroxylation is 1. The minimum atomic E-state index is -0.280. The van der Waals surface area contributed by atoms with Gasteiger partial charge >= 0.3 is 0 Å². The lowest BCUT2D eigenvalue weighted by molar-refractivity contribution is 0.0889. The van der Waals surface area contributed by atoms with Crippen molar-refractivity contribution < 1.29 is 9.21 Å². The van der Waals surface area contributed by atoms with Gasteiger partial charge in [0.25, 0.3) is 5.91 Å². The summed E-state index contributed by atoms with van der Waals surface area (Å²) in [6, 6.07) is 8.45. The van der Waals surface area contributed by atoms with Gasteiger partial charge in [0.15, 0.2) is 5.76 Å². The standard InChI is InChI=1S/C25H35NO2/c1-16-13-19-20(25(7,8)12-11-24(19,5)6)15-17(16)14-18-9-10-21(28-18)22(27)26-23(2,3)4/h9-10,13,15H,11-12,14H2,1-8H3,(H,26,27). The minimum absolute atomic E-state index is 0.163. The van der Waals surface area contributed by atoms with Crippen molar-refractivity contribution in [3.05, 3.63) is 58.0 Å². The molecule has 2 aromatic rings. The average Bonchev–Trinajstić information content (AvgIpc) is 3.01. The highest BCUT2D eigenvalue weighted by atomic mass is 16.3. The van der Waals surface area contributed by atoms with Crippen LogP contribution < -0.4 is 5.32 Å². The smallest absolute Gasteiger partial charge is 0.287 e. The molecular formula is C25H35NO2. The Morgan fingerprint density at radius 1 is 1.04 bits per heavy atom. The summed E-state index contributed by atoms with van der Waals surface area (Å²) in [4.78, 5) is 12.3. The zero-order valence-corrected chi connectivity index (χ0v) is 18.7. The third-order valence-corrected chi connectivity index (χ3v) is 6.05. The zero-order chi connectivity index (χ0) is 20.9. The highest BCUT2D eigenvalue weighted by molar-refractivity contribution is 5.91. The molecule has 0 bridgehead atoms. The van der Waals surface area contributed by atoms with Crippen LogP contribution in [0.1, 0.15) is 99.9 Å². The molecule has 0 spiro atoms. The van der Waals surface area contributed by atoms with Gasteiger partial charge in [-0.25, -0.2) is 0 Å². The zero-order valence-electron chi connectivity index (χ0n) is 18.7. The number of carbonyl (C=O) groups excluding carboxylic acids is 1. The Morgan fingerprint density at radius 3 is 2.18 bits per heavy atom. The van der Waals surface area contributed by atoms with Crippen LogP contribution in [0.15, 0.2) is 28.7 Å². The van der Waals surface area contributed by atoms with Crippen molar-refractivity contribution in [1.29, 1.82) is 0 Å². The van der Waals surface area contributed by atoms with Crippen molar-refractivity contribution in [3.8, 4) is 0 Å². The monoisotopic (exact) mass is 381 g/mol. The van der Waals surface area contributed by atoms with Crippen molar-refractivity contribution in [2.45, 2.75) is 91.0 Å². The van der Waals surface area contributed by atoms with Crippen molar-refractivity contribution in [1.82, 2.24) is 5.32 Å². The molecule has 3 heteroatoms. The highest BCUT2D eigenvalue weighted by Crippen LogP contribution is 2.46. The van der Waals surface area contributed by atoms with E-state index in [-0.39, 0.29) is 22.3 Å². The topological polar surface area (TPSA) is 42.2 Å². The van der Waals surface area contributed by atoms with E-state index < -0.39 is 0 Å². The molecular weight excluding hydrogens is 346 g/mol. The predicted octanol–water partition coefficient (Wildman–Crippen LogP) is 6.06. The lowest BCUT2D eigenvalue weighted by Crippen LogP contribution is -2.40. The lowest BCUT2D eigenvalue weighted by atomic mass is 9.62. The van der Waals surface area contributed by atoms with Gasteiger partial charge in [0.1, 0.15) is 5.76 Å². The second kappa shape index (κ2) is 6.79. The number of fused-ring (bicyclic) bond motifs is 1. The number of hydrogen-bond donors (Lipinski definition) is 1. The van der Waals surface area contributed by atoms with E-state index in [2.05, 4.69) is 52.1 Å². The SMILES string of the molecule is Cc1cc2c(cc1Cc1ccc(C(=O)NC(C)(C)C)o1)C(C)(C)CCC2(C)C. The molecule has 1 aliphatic carbocycles. The third kappa shape index (κ3) is 4.19. The first-order valence-corrected chi connectivity index (χ1v) is 10.3. The van der Waals surface area contributed by atoms with Crippen LogP contribution in [-0.4, -0.2) is 11.4 Å². The molecule has 0 radical (unpaired) electrons. The molecule has 0 fully saturated rings. The van der Waals surface area contributed by atoms with Gasteiger partial charge in [-0.15, -0.1) is 0 Å². The van der Waals surface area contributed by atoms with Crippen LogP contribution in [0, 0.1) is 6.92 Å². The molecule has 1 amide bonds. The molecule has 1 aliphatic rings. The Morgan fingerprint density at radius 2 is 1.61 bits per heavy atom. The van der Waals surface area contributed by atoms with Gasteiger partial charge in [0.2, 0.25) is 0 Å². The molecule has 3 nitrogen and oxygen atoms in total. The Balaban J connectivity index is 1.89. The summed E-state index contributed by atoms with van der Waals surface area (Å²) in [7, 11) is 0. The van der Waals surface area contributed by atoms with Crippen molar-refractivity contribution in [3.63, 3.8) is 0 Å². The number of nitrogens with one attached hydrogen (secondary N) is 1. The second-order valence-electron chi connectivity index (χ2n) is 10.7. The molecule has 0 saturated heterocycles. The first-order valence-electron chi connectivity index (χ1n) is 10.3. The van der Waals surface area contributed by atoms with Gasteiger partial charge in [-0.2, -0.15) is 0 Å². The fourth-order valence-corrected chi connectivity index (χ4v) is 4.14. The molecule has 1 heterocycles. The summed E-state index contributed by atoms with van der Waals surface area (Å²) in [5.74, 6) is 1.04. The summed E-state index contributed by atoms with van der Waals surface area (Å²) in [5, 5.41) is 2.95. The van der Waals surface area contributed by atoms with E-state index in [9.17, 15) is 4.79 Å². The van der Waals surface area contributed by atoms with Crippen molar-refractivity contribution >= 4 is 5.91 Å². The number of rotatable bonds is 3. The fourth-order valence-electron chi connectivity index (χ4n) is 4.14. The van der Waals surface area contributed by atoms with E-state index in [4.69, 9.17) is 4.42 Å². The Labute approximate surface area is 169 Å². The summed E-state index contributed by atoms with van der Waals surface area (Å²) < 4.78 is 5.88. The van der Waals surface area contributed by atoms with Gasteiger partial charge in [-0.3, -0.25) is 4.79 Å². The molecule has 3 rings (SSSR count). The number of carbonyl (C=O) groups is 1. The number of furan rings is 1. The summed E-state index contributed by atoms with van der Waals surface area (Å²) >= 11 is 0.